The topological polar surface area (TPSA) is 65.2 Å². The summed E-state index contributed by atoms with van der Waals surface area (Å²) in [6.45, 7) is 8.29. The number of carbonyl (C=O) groups is 2. The average molecular weight is 450 g/mol. The Morgan fingerprint density at radius 2 is 1.66 bits per heavy atom. The van der Waals surface area contributed by atoms with Crippen molar-refractivity contribution in [1.29, 1.82) is 0 Å². The van der Waals surface area contributed by atoms with Crippen LogP contribution in [0.5, 0.6) is 0 Å². The lowest BCUT2D eigenvalue weighted by atomic mass is 10.0. The number of rotatable bonds is 2. The van der Waals surface area contributed by atoms with Crippen molar-refractivity contribution in [3.8, 4) is 0 Å². The Morgan fingerprint density at radius 1 is 1.00 bits per heavy atom. The number of carbonyl (C=O) groups excluding carboxylic acids is 2. The number of aromatic amines is 1. The molecule has 3 heterocycles. The highest BCUT2D eigenvalue weighted by Crippen LogP contribution is 2.25. The first kappa shape index (κ1) is 23.5. The van der Waals surface area contributed by atoms with E-state index in [1.807, 2.05) is 56.4 Å². The third kappa shape index (κ3) is 5.02. The van der Waals surface area contributed by atoms with E-state index in [0.717, 1.165) is 22.2 Å². The maximum Gasteiger partial charge on any atom is 0.245 e. The minimum atomic E-state index is -0.473. The second-order valence-electron chi connectivity index (χ2n) is 7.71. The van der Waals surface area contributed by atoms with Gasteiger partial charge >= 0.3 is 0 Å². The zero-order valence-corrected chi connectivity index (χ0v) is 20.2. The third-order valence-electron chi connectivity index (χ3n) is 5.50. The molecule has 0 unspecified atom stereocenters. The Bertz CT molecular complexity index is 1220. The number of benzene rings is 2. The molecule has 4 aromatic rings. The van der Waals surface area contributed by atoms with E-state index in [-0.39, 0.29) is 18.4 Å². The summed E-state index contributed by atoms with van der Waals surface area (Å²) in [6.07, 6.45) is 0.519. The monoisotopic (exact) mass is 449 g/mol. The van der Waals surface area contributed by atoms with Crippen LogP contribution < -0.4 is 5.32 Å². The highest BCUT2D eigenvalue weighted by atomic mass is 32.1. The summed E-state index contributed by atoms with van der Waals surface area (Å²) < 4.78 is 1.39. The highest BCUT2D eigenvalue weighted by molar-refractivity contribution is 7.17. The van der Waals surface area contributed by atoms with Crippen LogP contribution in [0.25, 0.3) is 21.0 Å². The summed E-state index contributed by atoms with van der Waals surface area (Å²) in [6, 6.07) is 16.0. The van der Waals surface area contributed by atoms with Crippen molar-refractivity contribution in [1.82, 2.24) is 15.2 Å². The zero-order valence-electron chi connectivity index (χ0n) is 19.4. The van der Waals surface area contributed by atoms with Gasteiger partial charge in [-0.3, -0.25) is 9.59 Å². The van der Waals surface area contributed by atoms with Crippen molar-refractivity contribution in [2.45, 2.75) is 40.2 Å². The first-order valence-electron chi connectivity index (χ1n) is 11.0. The molecule has 0 aliphatic carbocycles. The summed E-state index contributed by atoms with van der Waals surface area (Å²) in [5, 5.41) is 7.49. The first-order chi connectivity index (χ1) is 15.4. The molecule has 32 heavy (non-hydrogen) atoms. The van der Waals surface area contributed by atoms with Crippen molar-refractivity contribution >= 4 is 44.1 Å². The fourth-order valence-electron chi connectivity index (χ4n) is 3.91. The quantitative estimate of drug-likeness (QED) is 0.441. The van der Waals surface area contributed by atoms with Gasteiger partial charge < -0.3 is 15.2 Å². The van der Waals surface area contributed by atoms with Crippen LogP contribution in [0, 0.1) is 13.8 Å². The molecule has 2 aromatic heterocycles. The number of thiophene rings is 1. The van der Waals surface area contributed by atoms with Gasteiger partial charge in [0.2, 0.25) is 11.8 Å². The lowest BCUT2D eigenvalue weighted by Gasteiger charge is -2.29. The Morgan fingerprint density at radius 3 is 2.38 bits per heavy atom. The van der Waals surface area contributed by atoms with Crippen LogP contribution in [0.3, 0.4) is 0 Å². The molecule has 1 atom stereocenters. The molecule has 1 fully saturated rings. The predicted octanol–water partition coefficient (Wildman–Crippen LogP) is 5.21. The summed E-state index contributed by atoms with van der Waals surface area (Å²) in [5.41, 5.74) is 4.58. The number of nitrogens with one attached hydrogen (secondary N) is 2. The molecule has 2 aromatic carbocycles. The minimum absolute atomic E-state index is 0.0331. The molecular formula is C26H31N3O2S. The largest absolute Gasteiger partial charge is 0.358 e. The number of hydrogen-bond donors (Lipinski definition) is 2. The van der Waals surface area contributed by atoms with Crippen LogP contribution >= 0.6 is 11.3 Å². The van der Waals surface area contributed by atoms with Crippen LogP contribution in [0.15, 0.2) is 53.9 Å². The molecule has 0 saturated carbocycles. The van der Waals surface area contributed by atoms with E-state index in [1.54, 1.807) is 7.05 Å². The second kappa shape index (κ2) is 10.5. The lowest BCUT2D eigenvalue weighted by Crippen LogP contribution is -2.57. The number of fused-ring (bicyclic) bond motifs is 2. The van der Waals surface area contributed by atoms with Crippen molar-refractivity contribution in [3.63, 3.8) is 0 Å². The summed E-state index contributed by atoms with van der Waals surface area (Å²) in [7, 11) is 1.66. The standard InChI is InChI=1S/C15H17N3O2.C9H8S.C2H6/c1-9-11(10-5-3-4-6-12(10)16-9)7-13-15(20)18(2)8-14(19)17-13;1-7-6-10-9-5-3-2-4-8(7)9;1-2/h3-6,13,16H,7-8H2,1-2H3,(H,17,19);2-6H,1H3;1-2H3/t13-;;/m0../s1. The molecule has 6 heteroatoms. The highest BCUT2D eigenvalue weighted by Gasteiger charge is 2.31. The zero-order chi connectivity index (χ0) is 23.3. The van der Waals surface area contributed by atoms with Gasteiger partial charge in [0.25, 0.3) is 0 Å². The van der Waals surface area contributed by atoms with E-state index in [9.17, 15) is 9.59 Å². The average Bonchev–Trinajstić information content (AvgIpc) is 3.33. The van der Waals surface area contributed by atoms with E-state index in [2.05, 4.69) is 46.9 Å². The fraction of sp³-hybridized carbons (Fsp3) is 0.308. The fourth-order valence-corrected chi connectivity index (χ4v) is 4.86. The van der Waals surface area contributed by atoms with Crippen molar-refractivity contribution in [3.05, 3.63) is 70.7 Å². The van der Waals surface area contributed by atoms with Crippen molar-refractivity contribution < 1.29 is 9.59 Å². The van der Waals surface area contributed by atoms with Gasteiger partial charge in [0.1, 0.15) is 6.04 Å². The van der Waals surface area contributed by atoms with Gasteiger partial charge in [-0.15, -0.1) is 11.3 Å². The van der Waals surface area contributed by atoms with Gasteiger partial charge in [-0.1, -0.05) is 50.2 Å². The van der Waals surface area contributed by atoms with Crippen molar-refractivity contribution in [2.75, 3.05) is 13.6 Å². The molecule has 5 nitrogen and oxygen atoms in total. The van der Waals surface area contributed by atoms with Crippen molar-refractivity contribution in [2.24, 2.45) is 0 Å². The maximum absolute atomic E-state index is 12.1. The number of H-pyrrole nitrogens is 1. The van der Waals surface area contributed by atoms with Crippen LogP contribution in [0.1, 0.15) is 30.7 Å². The Hall–Kier alpha value is -3.12. The molecule has 0 radical (unpaired) electrons. The van der Waals surface area contributed by atoms with E-state index in [4.69, 9.17) is 0 Å². The minimum Gasteiger partial charge on any atom is -0.358 e. The summed E-state index contributed by atoms with van der Waals surface area (Å²) in [4.78, 5) is 28.5. The van der Waals surface area contributed by atoms with Gasteiger partial charge in [-0.05, 0) is 47.9 Å². The van der Waals surface area contributed by atoms with Gasteiger partial charge in [0, 0.05) is 34.8 Å². The Kier molecular flexibility index (Phi) is 7.70. The number of likely N-dealkylation sites (N-methyl/N-ethyl adjacent to an activating group) is 1. The molecule has 1 aliphatic rings. The number of nitrogens with zero attached hydrogens (tertiary/aromatic N) is 1. The van der Waals surface area contributed by atoms with Crippen LogP contribution in [0.4, 0.5) is 0 Å². The van der Waals surface area contributed by atoms with Gasteiger partial charge in [0.05, 0.1) is 6.54 Å². The molecule has 2 N–H and O–H groups in total. The van der Waals surface area contributed by atoms with E-state index in [1.165, 1.54) is 20.5 Å². The van der Waals surface area contributed by atoms with Crippen LogP contribution in [-0.4, -0.2) is 41.3 Å². The number of hydrogen-bond acceptors (Lipinski definition) is 3. The molecule has 0 spiro atoms. The smallest absolute Gasteiger partial charge is 0.245 e. The molecule has 5 rings (SSSR count). The number of aromatic nitrogens is 1. The first-order valence-corrected chi connectivity index (χ1v) is 11.9. The van der Waals surface area contributed by atoms with Gasteiger partial charge in [-0.25, -0.2) is 0 Å². The molecular weight excluding hydrogens is 418 g/mol. The van der Waals surface area contributed by atoms with E-state index in [0.29, 0.717) is 6.42 Å². The normalized spacial score (nSPS) is 15.7. The molecule has 0 bridgehead atoms. The maximum atomic E-state index is 12.1. The number of piperazine rings is 1. The Labute approximate surface area is 193 Å². The SMILES string of the molecule is CC.Cc1[nH]c2ccccc2c1C[C@@H]1NC(=O)CN(C)C1=O.Cc1csc2ccccc12. The predicted molar refractivity (Wildman–Crippen MR) is 134 cm³/mol. The second-order valence-corrected chi connectivity index (χ2v) is 8.62. The van der Waals surface area contributed by atoms with Crippen LogP contribution in [-0.2, 0) is 16.0 Å². The summed E-state index contributed by atoms with van der Waals surface area (Å²) in [5.74, 6) is -0.135. The molecule has 1 aliphatic heterocycles. The van der Waals surface area contributed by atoms with Gasteiger partial charge in [0.15, 0.2) is 0 Å². The Balaban J connectivity index is 0.000000201. The molecule has 2 amide bonds. The molecule has 1 saturated heterocycles. The molecule has 168 valence electrons. The number of aryl methyl sites for hydroxylation is 2. The summed E-state index contributed by atoms with van der Waals surface area (Å²) >= 11 is 1.81. The van der Waals surface area contributed by atoms with Crippen LogP contribution in [0.2, 0.25) is 0 Å². The van der Waals surface area contributed by atoms with E-state index < -0.39 is 6.04 Å². The lowest BCUT2D eigenvalue weighted by molar-refractivity contribution is -0.142. The third-order valence-corrected chi connectivity index (χ3v) is 6.58. The van der Waals surface area contributed by atoms with E-state index >= 15 is 0 Å². The number of para-hydroxylation sites is 1. The number of amides is 2. The van der Waals surface area contributed by atoms with Gasteiger partial charge in [-0.2, -0.15) is 0 Å².